The maximum absolute atomic E-state index is 10.4. The second-order valence-electron chi connectivity index (χ2n) is 3.79. The van der Waals surface area contributed by atoms with Gasteiger partial charge in [-0.3, -0.25) is 0 Å². The normalized spacial score (nSPS) is 9.83. The lowest BCUT2D eigenvalue weighted by Crippen LogP contribution is -1.88. The molecule has 92 valence electrons. The van der Waals surface area contributed by atoms with Crippen LogP contribution in [0.2, 0.25) is 0 Å². The Morgan fingerprint density at radius 3 is 1.89 bits per heavy atom. The number of ether oxygens (including phenoxy) is 2. The fourth-order valence-corrected chi connectivity index (χ4v) is 1.57. The molecule has 0 aliphatic heterocycles. The van der Waals surface area contributed by atoms with Crippen molar-refractivity contribution in [2.24, 2.45) is 0 Å². The van der Waals surface area contributed by atoms with Crippen LogP contribution in [0.15, 0.2) is 48.5 Å². The molecule has 3 heteroatoms. The molecule has 0 N–H and O–H groups in total. The molecule has 0 spiro atoms. The molecule has 0 bridgehead atoms. The zero-order valence-electron chi connectivity index (χ0n) is 10.1. The van der Waals surface area contributed by atoms with Crippen LogP contribution in [-0.2, 0) is 11.2 Å². The first kappa shape index (κ1) is 12.2. The molecule has 0 amide bonds. The summed E-state index contributed by atoms with van der Waals surface area (Å²) in [6.07, 6.45) is 1.32. The highest BCUT2D eigenvalue weighted by Crippen LogP contribution is 2.23. The zero-order chi connectivity index (χ0) is 12.8. The monoisotopic (exact) mass is 242 g/mol. The van der Waals surface area contributed by atoms with Crippen molar-refractivity contribution in [3.05, 3.63) is 54.1 Å². The summed E-state index contributed by atoms with van der Waals surface area (Å²) >= 11 is 0. The lowest BCUT2D eigenvalue weighted by atomic mass is 10.2. The molecule has 0 radical (unpaired) electrons. The van der Waals surface area contributed by atoms with E-state index < -0.39 is 0 Å². The smallest absolute Gasteiger partial charge is 0.127 e. The summed E-state index contributed by atoms with van der Waals surface area (Å²) in [7, 11) is 1.63. The first-order valence-electron chi connectivity index (χ1n) is 5.66. The fourth-order valence-electron chi connectivity index (χ4n) is 1.57. The van der Waals surface area contributed by atoms with Crippen LogP contribution >= 0.6 is 0 Å². The number of benzene rings is 2. The fraction of sp³-hybridized carbons (Fsp3) is 0.133. The Balaban J connectivity index is 2.05. The third-order valence-electron chi connectivity index (χ3n) is 2.54. The van der Waals surface area contributed by atoms with Gasteiger partial charge in [-0.1, -0.05) is 12.1 Å². The van der Waals surface area contributed by atoms with E-state index in [0.717, 1.165) is 29.1 Å². The minimum absolute atomic E-state index is 0.433. The van der Waals surface area contributed by atoms with E-state index in [0.29, 0.717) is 6.42 Å². The van der Waals surface area contributed by atoms with Gasteiger partial charge in [-0.25, -0.2) is 0 Å². The summed E-state index contributed by atoms with van der Waals surface area (Å²) in [6.45, 7) is 0. The SMILES string of the molecule is COc1ccc(Oc2ccc(CC=O)cc2)cc1. The molecule has 0 atom stereocenters. The standard InChI is InChI=1S/C15H14O3/c1-17-13-6-8-15(9-7-13)18-14-4-2-12(3-5-14)10-11-16/h2-9,11H,10H2,1H3. The Morgan fingerprint density at radius 1 is 0.889 bits per heavy atom. The predicted octanol–water partition coefficient (Wildman–Crippen LogP) is 3.23. The van der Waals surface area contributed by atoms with E-state index in [1.807, 2.05) is 48.5 Å². The summed E-state index contributed by atoms with van der Waals surface area (Å²) in [6, 6.07) is 14.8. The van der Waals surface area contributed by atoms with Crippen molar-refractivity contribution in [2.75, 3.05) is 7.11 Å². The van der Waals surface area contributed by atoms with Crippen LogP contribution in [0.4, 0.5) is 0 Å². The highest BCUT2D eigenvalue weighted by molar-refractivity contribution is 5.55. The van der Waals surface area contributed by atoms with Crippen molar-refractivity contribution in [3.63, 3.8) is 0 Å². The summed E-state index contributed by atoms with van der Waals surface area (Å²) in [5.74, 6) is 2.29. The first-order valence-corrected chi connectivity index (χ1v) is 5.66. The maximum atomic E-state index is 10.4. The Bertz CT molecular complexity index is 500. The van der Waals surface area contributed by atoms with Crippen LogP contribution in [0.3, 0.4) is 0 Å². The van der Waals surface area contributed by atoms with E-state index in [1.54, 1.807) is 7.11 Å². The highest BCUT2D eigenvalue weighted by atomic mass is 16.5. The molecule has 2 aromatic rings. The van der Waals surface area contributed by atoms with Crippen LogP contribution in [-0.4, -0.2) is 13.4 Å². The van der Waals surface area contributed by atoms with Gasteiger partial charge < -0.3 is 14.3 Å². The summed E-state index contributed by atoms with van der Waals surface area (Å²) in [5, 5.41) is 0. The van der Waals surface area contributed by atoms with Crippen molar-refractivity contribution in [3.8, 4) is 17.2 Å². The zero-order valence-corrected chi connectivity index (χ0v) is 10.1. The van der Waals surface area contributed by atoms with Crippen molar-refractivity contribution in [1.29, 1.82) is 0 Å². The van der Waals surface area contributed by atoms with Crippen molar-refractivity contribution >= 4 is 6.29 Å². The lowest BCUT2D eigenvalue weighted by molar-refractivity contribution is -0.107. The molecule has 0 aromatic heterocycles. The van der Waals surface area contributed by atoms with Crippen LogP contribution in [0, 0.1) is 0 Å². The van der Waals surface area contributed by atoms with Gasteiger partial charge in [-0.05, 0) is 42.0 Å². The van der Waals surface area contributed by atoms with Gasteiger partial charge >= 0.3 is 0 Å². The van der Waals surface area contributed by atoms with Gasteiger partial charge in [0.2, 0.25) is 0 Å². The van der Waals surface area contributed by atoms with E-state index in [4.69, 9.17) is 9.47 Å². The molecule has 0 unspecified atom stereocenters. The number of hydrogen-bond donors (Lipinski definition) is 0. The van der Waals surface area contributed by atoms with Gasteiger partial charge in [0.05, 0.1) is 7.11 Å². The average molecular weight is 242 g/mol. The molecule has 3 nitrogen and oxygen atoms in total. The molecule has 0 fully saturated rings. The van der Waals surface area contributed by atoms with E-state index >= 15 is 0 Å². The highest BCUT2D eigenvalue weighted by Gasteiger charge is 1.98. The van der Waals surface area contributed by atoms with Crippen LogP contribution < -0.4 is 9.47 Å². The van der Waals surface area contributed by atoms with Gasteiger partial charge in [0, 0.05) is 6.42 Å². The van der Waals surface area contributed by atoms with Crippen molar-refractivity contribution in [1.82, 2.24) is 0 Å². The Hall–Kier alpha value is -2.29. The molecule has 0 aliphatic carbocycles. The molecule has 0 heterocycles. The molecular formula is C15H14O3. The minimum atomic E-state index is 0.433. The summed E-state index contributed by atoms with van der Waals surface area (Å²) in [5.41, 5.74) is 0.979. The molecular weight excluding hydrogens is 228 g/mol. The molecule has 2 aromatic carbocycles. The van der Waals surface area contributed by atoms with Crippen LogP contribution in [0.25, 0.3) is 0 Å². The van der Waals surface area contributed by atoms with Crippen LogP contribution in [0.1, 0.15) is 5.56 Å². The Labute approximate surface area is 106 Å². The average Bonchev–Trinajstić information content (AvgIpc) is 2.42. The second-order valence-corrected chi connectivity index (χ2v) is 3.79. The lowest BCUT2D eigenvalue weighted by Gasteiger charge is -2.07. The quantitative estimate of drug-likeness (QED) is 0.755. The van der Waals surface area contributed by atoms with E-state index in [1.165, 1.54) is 0 Å². The van der Waals surface area contributed by atoms with Crippen LogP contribution in [0.5, 0.6) is 17.2 Å². The van der Waals surface area contributed by atoms with E-state index in [-0.39, 0.29) is 0 Å². The third kappa shape index (κ3) is 3.10. The number of rotatable bonds is 5. The van der Waals surface area contributed by atoms with Crippen molar-refractivity contribution < 1.29 is 14.3 Å². The third-order valence-corrected chi connectivity index (χ3v) is 2.54. The molecule has 0 aliphatic rings. The number of carbonyl (C=O) groups is 1. The molecule has 18 heavy (non-hydrogen) atoms. The summed E-state index contributed by atoms with van der Waals surface area (Å²) in [4.78, 5) is 10.4. The Morgan fingerprint density at radius 2 is 1.39 bits per heavy atom. The molecule has 0 saturated carbocycles. The number of methoxy groups -OCH3 is 1. The largest absolute Gasteiger partial charge is 0.497 e. The van der Waals surface area contributed by atoms with Gasteiger partial charge in [0.1, 0.15) is 23.5 Å². The van der Waals surface area contributed by atoms with E-state index in [2.05, 4.69) is 0 Å². The van der Waals surface area contributed by atoms with E-state index in [9.17, 15) is 4.79 Å². The minimum Gasteiger partial charge on any atom is -0.497 e. The number of aldehydes is 1. The second kappa shape index (κ2) is 5.87. The first-order chi connectivity index (χ1) is 8.81. The van der Waals surface area contributed by atoms with Gasteiger partial charge in [0.25, 0.3) is 0 Å². The molecule has 0 saturated heterocycles. The Kier molecular flexibility index (Phi) is 3.97. The predicted molar refractivity (Wildman–Crippen MR) is 69.3 cm³/mol. The maximum Gasteiger partial charge on any atom is 0.127 e. The van der Waals surface area contributed by atoms with Gasteiger partial charge in [-0.2, -0.15) is 0 Å². The van der Waals surface area contributed by atoms with Crippen molar-refractivity contribution in [2.45, 2.75) is 6.42 Å². The van der Waals surface area contributed by atoms with Gasteiger partial charge in [-0.15, -0.1) is 0 Å². The number of hydrogen-bond acceptors (Lipinski definition) is 3. The number of carbonyl (C=O) groups excluding carboxylic acids is 1. The van der Waals surface area contributed by atoms with Gasteiger partial charge in [0.15, 0.2) is 0 Å². The topological polar surface area (TPSA) is 35.5 Å². The summed E-state index contributed by atoms with van der Waals surface area (Å²) < 4.78 is 10.7. The molecule has 2 rings (SSSR count).